The van der Waals surface area contributed by atoms with Gasteiger partial charge in [-0.3, -0.25) is 0 Å². The lowest BCUT2D eigenvalue weighted by molar-refractivity contribution is 0.336. The molecular formula is C21H28O. The molecule has 0 fully saturated rings. The summed E-state index contributed by atoms with van der Waals surface area (Å²) in [6.07, 6.45) is 2.00. The minimum atomic E-state index is 0.145. The fraction of sp³-hybridized carbons (Fsp3) is 0.429. The largest absolute Gasteiger partial charge is 0.494 e. The third kappa shape index (κ3) is 4.13. The molecule has 0 N–H and O–H groups in total. The van der Waals surface area contributed by atoms with E-state index in [1.54, 1.807) is 0 Å². The summed E-state index contributed by atoms with van der Waals surface area (Å²) in [5.74, 6) is 1.02. The number of benzene rings is 2. The highest BCUT2D eigenvalue weighted by Crippen LogP contribution is 2.30. The van der Waals surface area contributed by atoms with Gasteiger partial charge in [-0.05, 0) is 47.1 Å². The Hall–Kier alpha value is -1.76. The molecule has 0 unspecified atom stereocenters. The first-order chi connectivity index (χ1) is 10.4. The van der Waals surface area contributed by atoms with Crippen LogP contribution in [0.15, 0.2) is 42.5 Å². The minimum Gasteiger partial charge on any atom is -0.494 e. The molecule has 0 atom stereocenters. The lowest BCUT2D eigenvalue weighted by Gasteiger charge is -2.21. The molecule has 0 amide bonds. The van der Waals surface area contributed by atoms with Gasteiger partial charge in [-0.25, -0.2) is 0 Å². The van der Waals surface area contributed by atoms with E-state index in [1.165, 1.54) is 22.3 Å². The molecule has 2 rings (SSSR count). The Bertz CT molecular complexity index is 620. The number of hydrogen-bond acceptors (Lipinski definition) is 1. The zero-order valence-corrected chi connectivity index (χ0v) is 14.6. The molecule has 0 aliphatic heterocycles. The van der Waals surface area contributed by atoms with Gasteiger partial charge in [0.15, 0.2) is 0 Å². The van der Waals surface area contributed by atoms with Crippen molar-refractivity contribution in [3.63, 3.8) is 0 Å². The second-order valence-electron chi connectivity index (χ2n) is 6.86. The number of aryl methyl sites for hydroxylation is 1. The monoisotopic (exact) mass is 296 g/mol. The van der Waals surface area contributed by atoms with E-state index in [0.717, 1.165) is 18.6 Å². The van der Waals surface area contributed by atoms with Crippen molar-refractivity contribution in [2.24, 2.45) is 0 Å². The molecule has 2 aromatic rings. The Balaban J connectivity index is 2.33. The number of hydrogen-bond donors (Lipinski definition) is 0. The summed E-state index contributed by atoms with van der Waals surface area (Å²) in [7, 11) is 0. The second kappa shape index (κ2) is 7.00. The lowest BCUT2D eigenvalue weighted by atomic mass is 9.86. The van der Waals surface area contributed by atoms with Crippen LogP contribution in [0.5, 0.6) is 5.75 Å². The van der Waals surface area contributed by atoms with Crippen LogP contribution in [0.4, 0.5) is 0 Å². The Morgan fingerprint density at radius 2 is 1.64 bits per heavy atom. The van der Waals surface area contributed by atoms with Gasteiger partial charge >= 0.3 is 0 Å². The fourth-order valence-corrected chi connectivity index (χ4v) is 2.64. The highest BCUT2D eigenvalue weighted by atomic mass is 16.5. The summed E-state index contributed by atoms with van der Waals surface area (Å²) in [5, 5.41) is 0. The summed E-state index contributed by atoms with van der Waals surface area (Å²) < 4.78 is 5.90. The van der Waals surface area contributed by atoms with E-state index in [0.29, 0.717) is 6.61 Å². The van der Waals surface area contributed by atoms with E-state index in [9.17, 15) is 0 Å². The molecule has 1 heteroatoms. The summed E-state index contributed by atoms with van der Waals surface area (Å²) >= 11 is 0. The van der Waals surface area contributed by atoms with Crippen LogP contribution in [-0.4, -0.2) is 6.61 Å². The summed E-state index contributed by atoms with van der Waals surface area (Å²) in [4.78, 5) is 0. The van der Waals surface area contributed by atoms with E-state index < -0.39 is 0 Å². The van der Waals surface area contributed by atoms with Crippen LogP contribution in [0, 0.1) is 0 Å². The molecule has 0 heterocycles. The predicted molar refractivity (Wildman–Crippen MR) is 94.9 cm³/mol. The number of ether oxygens (including phenoxy) is 1. The van der Waals surface area contributed by atoms with E-state index in [2.05, 4.69) is 70.2 Å². The normalized spacial score (nSPS) is 11.5. The molecule has 0 saturated carbocycles. The maximum atomic E-state index is 5.90. The van der Waals surface area contributed by atoms with Gasteiger partial charge < -0.3 is 4.74 Å². The summed E-state index contributed by atoms with van der Waals surface area (Å²) in [5.41, 5.74) is 5.47. The molecule has 1 nitrogen and oxygen atoms in total. The van der Waals surface area contributed by atoms with Crippen LogP contribution in [0.2, 0.25) is 0 Å². The van der Waals surface area contributed by atoms with Gasteiger partial charge in [0.25, 0.3) is 0 Å². The van der Waals surface area contributed by atoms with Crippen molar-refractivity contribution < 1.29 is 4.74 Å². The van der Waals surface area contributed by atoms with Gasteiger partial charge in [0.2, 0.25) is 0 Å². The van der Waals surface area contributed by atoms with Crippen LogP contribution < -0.4 is 4.74 Å². The Kier molecular flexibility index (Phi) is 5.28. The molecule has 0 spiro atoms. The molecule has 0 aliphatic carbocycles. The first-order valence-electron chi connectivity index (χ1n) is 8.28. The third-order valence-corrected chi connectivity index (χ3v) is 4.03. The van der Waals surface area contributed by atoms with Crippen molar-refractivity contribution >= 4 is 0 Å². The average molecular weight is 296 g/mol. The topological polar surface area (TPSA) is 9.23 Å². The molecule has 0 aliphatic rings. The molecule has 22 heavy (non-hydrogen) atoms. The molecule has 0 saturated heterocycles. The molecule has 2 aromatic carbocycles. The first-order valence-corrected chi connectivity index (χ1v) is 8.28. The van der Waals surface area contributed by atoms with Gasteiger partial charge in [-0.1, -0.05) is 64.1 Å². The fourth-order valence-electron chi connectivity index (χ4n) is 2.64. The minimum absolute atomic E-state index is 0.145. The molecule has 0 aromatic heterocycles. The van der Waals surface area contributed by atoms with Crippen LogP contribution in [0.3, 0.4) is 0 Å². The van der Waals surface area contributed by atoms with Gasteiger partial charge in [0, 0.05) is 6.42 Å². The van der Waals surface area contributed by atoms with Crippen LogP contribution >= 0.6 is 0 Å². The van der Waals surface area contributed by atoms with Crippen molar-refractivity contribution in [3.05, 3.63) is 64.7 Å². The average Bonchev–Trinajstić information content (AvgIpc) is 2.48. The van der Waals surface area contributed by atoms with Crippen molar-refractivity contribution in [1.29, 1.82) is 0 Å². The highest BCUT2D eigenvalue weighted by Gasteiger charge is 2.16. The molecule has 0 radical (unpaired) electrons. The molecule has 118 valence electrons. The summed E-state index contributed by atoms with van der Waals surface area (Å²) in [6.45, 7) is 11.7. The van der Waals surface area contributed by atoms with Crippen molar-refractivity contribution in [1.82, 2.24) is 0 Å². The van der Waals surface area contributed by atoms with Gasteiger partial charge in [0.05, 0.1) is 6.61 Å². The van der Waals surface area contributed by atoms with Gasteiger partial charge in [-0.2, -0.15) is 0 Å². The third-order valence-electron chi connectivity index (χ3n) is 4.03. The summed E-state index contributed by atoms with van der Waals surface area (Å²) in [6, 6.07) is 15.5. The molecule has 0 bridgehead atoms. The van der Waals surface area contributed by atoms with Crippen molar-refractivity contribution in [2.75, 3.05) is 6.61 Å². The Morgan fingerprint density at radius 3 is 2.27 bits per heavy atom. The standard InChI is InChI=1S/C21H28O/c1-6-16-9-8-10-17(13-16)14-18-11-12-19(21(3,4)5)15-20(18)22-7-2/h8-13,15H,6-7,14H2,1-5H3. The molecular weight excluding hydrogens is 268 g/mol. The van der Waals surface area contributed by atoms with Crippen LogP contribution in [0.1, 0.15) is 56.9 Å². The van der Waals surface area contributed by atoms with Crippen molar-refractivity contribution in [2.45, 2.75) is 52.9 Å². The predicted octanol–water partition coefficient (Wildman–Crippen LogP) is 5.54. The zero-order chi connectivity index (χ0) is 16.2. The van der Waals surface area contributed by atoms with Gasteiger partial charge in [0.1, 0.15) is 5.75 Å². The Labute approximate surface area is 135 Å². The van der Waals surface area contributed by atoms with E-state index in [1.807, 2.05) is 6.92 Å². The van der Waals surface area contributed by atoms with Crippen LogP contribution in [0.25, 0.3) is 0 Å². The maximum Gasteiger partial charge on any atom is 0.123 e. The zero-order valence-electron chi connectivity index (χ0n) is 14.6. The maximum absolute atomic E-state index is 5.90. The smallest absolute Gasteiger partial charge is 0.123 e. The van der Waals surface area contributed by atoms with Crippen molar-refractivity contribution in [3.8, 4) is 5.75 Å². The lowest BCUT2D eigenvalue weighted by Crippen LogP contribution is -2.12. The van der Waals surface area contributed by atoms with E-state index >= 15 is 0 Å². The second-order valence-corrected chi connectivity index (χ2v) is 6.86. The Morgan fingerprint density at radius 1 is 0.909 bits per heavy atom. The SMILES string of the molecule is CCOc1cc(C(C)(C)C)ccc1Cc1cccc(CC)c1. The van der Waals surface area contributed by atoms with Crippen LogP contribution in [-0.2, 0) is 18.3 Å². The van der Waals surface area contributed by atoms with E-state index in [4.69, 9.17) is 4.74 Å². The number of rotatable bonds is 5. The first kappa shape index (κ1) is 16.6. The van der Waals surface area contributed by atoms with Gasteiger partial charge in [-0.15, -0.1) is 0 Å². The van der Waals surface area contributed by atoms with E-state index in [-0.39, 0.29) is 5.41 Å². The highest BCUT2D eigenvalue weighted by molar-refractivity contribution is 5.43. The quantitative estimate of drug-likeness (QED) is 0.704.